The molecule has 1 saturated heterocycles. The van der Waals surface area contributed by atoms with Crippen molar-refractivity contribution in [3.05, 3.63) is 22.7 Å². The quantitative estimate of drug-likeness (QED) is 0.875. The monoisotopic (exact) mass is 323 g/mol. The van der Waals surface area contributed by atoms with E-state index in [2.05, 4.69) is 5.32 Å². The van der Waals surface area contributed by atoms with Crippen LogP contribution >= 0.6 is 11.6 Å². The lowest BCUT2D eigenvalue weighted by molar-refractivity contribution is -0.141. The summed E-state index contributed by atoms with van der Waals surface area (Å²) < 4.78 is 11.8. The molecule has 0 aromatic heterocycles. The number of ether oxygens (including phenoxy) is 2. The minimum absolute atomic E-state index is 0.00867. The molecule has 1 aromatic carbocycles. The Morgan fingerprint density at radius 1 is 1.32 bits per heavy atom. The SMILES string of the molecule is O=C(O)C1CNC(c2cc(Cl)c3c(c2)OCC2(CC2)CO3)C1. The molecular weight excluding hydrogens is 306 g/mol. The van der Waals surface area contributed by atoms with Crippen molar-refractivity contribution in [2.45, 2.75) is 25.3 Å². The second-order valence-electron chi connectivity index (χ2n) is 6.64. The van der Waals surface area contributed by atoms with Crippen molar-refractivity contribution in [1.82, 2.24) is 5.32 Å². The molecule has 2 atom stereocenters. The molecule has 1 spiro atoms. The van der Waals surface area contributed by atoms with Crippen LogP contribution in [0.5, 0.6) is 11.5 Å². The van der Waals surface area contributed by atoms with Gasteiger partial charge < -0.3 is 19.9 Å². The Kier molecular flexibility index (Phi) is 3.24. The van der Waals surface area contributed by atoms with Gasteiger partial charge in [-0.2, -0.15) is 0 Å². The van der Waals surface area contributed by atoms with E-state index in [-0.39, 0.29) is 17.4 Å². The second-order valence-corrected chi connectivity index (χ2v) is 7.05. The fraction of sp³-hybridized carbons (Fsp3) is 0.562. The topological polar surface area (TPSA) is 67.8 Å². The van der Waals surface area contributed by atoms with E-state index in [1.807, 2.05) is 12.1 Å². The largest absolute Gasteiger partial charge is 0.489 e. The van der Waals surface area contributed by atoms with E-state index in [0.29, 0.717) is 42.7 Å². The third-order valence-corrected chi connectivity index (χ3v) is 5.21. The zero-order chi connectivity index (χ0) is 15.3. The van der Waals surface area contributed by atoms with Gasteiger partial charge in [-0.3, -0.25) is 4.79 Å². The van der Waals surface area contributed by atoms with Crippen molar-refractivity contribution in [3.63, 3.8) is 0 Å². The van der Waals surface area contributed by atoms with E-state index in [1.54, 1.807) is 0 Å². The number of hydrogen-bond acceptors (Lipinski definition) is 4. The molecule has 6 heteroatoms. The maximum atomic E-state index is 11.1. The van der Waals surface area contributed by atoms with Crippen molar-refractivity contribution in [2.75, 3.05) is 19.8 Å². The van der Waals surface area contributed by atoms with E-state index >= 15 is 0 Å². The fourth-order valence-corrected chi connectivity index (χ4v) is 3.45. The predicted molar refractivity (Wildman–Crippen MR) is 80.6 cm³/mol. The molecule has 0 bridgehead atoms. The van der Waals surface area contributed by atoms with Crippen molar-refractivity contribution >= 4 is 17.6 Å². The molecule has 1 saturated carbocycles. The van der Waals surface area contributed by atoms with Gasteiger partial charge in [-0.15, -0.1) is 0 Å². The number of rotatable bonds is 2. The number of carboxylic acids is 1. The molecular formula is C16H18ClNO4. The molecule has 0 radical (unpaired) electrons. The highest BCUT2D eigenvalue weighted by Gasteiger charge is 2.46. The first-order valence-corrected chi connectivity index (χ1v) is 7.99. The average molecular weight is 324 g/mol. The predicted octanol–water partition coefficient (Wildman–Crippen LogP) is 2.63. The van der Waals surface area contributed by atoms with Gasteiger partial charge in [0.05, 0.1) is 24.2 Å². The summed E-state index contributed by atoms with van der Waals surface area (Å²) in [6.45, 7) is 1.80. The Bertz CT molecular complexity index is 629. The molecule has 2 N–H and O–H groups in total. The number of halogens is 1. The smallest absolute Gasteiger partial charge is 0.307 e. The second kappa shape index (κ2) is 5.03. The molecule has 4 rings (SSSR count). The molecule has 3 aliphatic rings. The van der Waals surface area contributed by atoms with Crippen LogP contribution in [0.25, 0.3) is 0 Å². The normalized spacial score (nSPS) is 28.4. The Labute approximate surface area is 133 Å². The maximum absolute atomic E-state index is 11.1. The summed E-state index contributed by atoms with van der Waals surface area (Å²) in [5.74, 6) is 0.175. The lowest BCUT2D eigenvalue weighted by Crippen LogP contribution is -2.17. The molecule has 22 heavy (non-hydrogen) atoms. The highest BCUT2D eigenvalue weighted by atomic mass is 35.5. The highest BCUT2D eigenvalue weighted by Crippen LogP contribution is 2.51. The Balaban J connectivity index is 1.59. The van der Waals surface area contributed by atoms with Gasteiger partial charge in [0.1, 0.15) is 0 Å². The molecule has 118 valence electrons. The van der Waals surface area contributed by atoms with Crippen LogP contribution in [0.2, 0.25) is 5.02 Å². The van der Waals surface area contributed by atoms with Gasteiger partial charge in [0, 0.05) is 18.0 Å². The lowest BCUT2D eigenvalue weighted by atomic mass is 10.00. The summed E-state index contributed by atoms with van der Waals surface area (Å²) in [6.07, 6.45) is 2.83. The third kappa shape index (κ3) is 2.42. The van der Waals surface area contributed by atoms with Crippen LogP contribution < -0.4 is 14.8 Å². The molecule has 5 nitrogen and oxygen atoms in total. The first-order valence-electron chi connectivity index (χ1n) is 7.62. The summed E-state index contributed by atoms with van der Waals surface area (Å²) in [4.78, 5) is 11.1. The summed E-state index contributed by atoms with van der Waals surface area (Å²) >= 11 is 6.36. The number of aliphatic carboxylic acids is 1. The van der Waals surface area contributed by atoms with E-state index in [1.165, 1.54) is 0 Å². The molecule has 2 fully saturated rings. The van der Waals surface area contributed by atoms with Crippen molar-refractivity contribution in [3.8, 4) is 11.5 Å². The first-order chi connectivity index (χ1) is 10.6. The lowest BCUT2D eigenvalue weighted by Gasteiger charge is -2.15. The molecule has 2 unspecified atom stereocenters. The minimum Gasteiger partial charge on any atom is -0.489 e. The summed E-state index contributed by atoms with van der Waals surface area (Å²) in [7, 11) is 0. The number of carboxylic acid groups (broad SMARTS) is 1. The fourth-order valence-electron chi connectivity index (χ4n) is 3.18. The van der Waals surface area contributed by atoms with Crippen LogP contribution in [-0.2, 0) is 4.79 Å². The van der Waals surface area contributed by atoms with Crippen LogP contribution in [0, 0.1) is 11.3 Å². The zero-order valence-corrected chi connectivity index (χ0v) is 12.9. The average Bonchev–Trinajstić information content (AvgIpc) is 3.13. The van der Waals surface area contributed by atoms with E-state index in [9.17, 15) is 4.79 Å². The van der Waals surface area contributed by atoms with Crippen molar-refractivity contribution in [2.24, 2.45) is 11.3 Å². The van der Waals surface area contributed by atoms with Crippen molar-refractivity contribution < 1.29 is 19.4 Å². The van der Waals surface area contributed by atoms with Gasteiger partial charge in [-0.05, 0) is 37.0 Å². The molecule has 2 aliphatic heterocycles. The number of nitrogens with one attached hydrogen (secondary N) is 1. The van der Waals surface area contributed by atoms with Gasteiger partial charge in [0.25, 0.3) is 0 Å². The molecule has 0 amide bonds. The Morgan fingerprint density at radius 2 is 2.09 bits per heavy atom. The molecule has 2 heterocycles. The Hall–Kier alpha value is -1.46. The van der Waals surface area contributed by atoms with Gasteiger partial charge in [0.2, 0.25) is 0 Å². The number of carbonyl (C=O) groups is 1. The van der Waals surface area contributed by atoms with Crippen LogP contribution in [0.4, 0.5) is 0 Å². The summed E-state index contributed by atoms with van der Waals surface area (Å²) in [5, 5.41) is 12.9. The van der Waals surface area contributed by atoms with E-state index < -0.39 is 5.97 Å². The molecule has 1 aliphatic carbocycles. The van der Waals surface area contributed by atoms with Crippen LogP contribution in [0.15, 0.2) is 12.1 Å². The van der Waals surface area contributed by atoms with E-state index in [4.69, 9.17) is 26.2 Å². The summed E-state index contributed by atoms with van der Waals surface area (Å²) in [6, 6.07) is 3.78. The number of fused-ring (bicyclic) bond motifs is 1. The zero-order valence-electron chi connectivity index (χ0n) is 12.1. The van der Waals surface area contributed by atoms with Gasteiger partial charge in [-0.25, -0.2) is 0 Å². The van der Waals surface area contributed by atoms with Gasteiger partial charge in [-0.1, -0.05) is 11.6 Å². The number of benzene rings is 1. The van der Waals surface area contributed by atoms with Crippen LogP contribution in [0.3, 0.4) is 0 Å². The number of hydrogen-bond donors (Lipinski definition) is 2. The van der Waals surface area contributed by atoms with E-state index in [0.717, 1.165) is 18.4 Å². The summed E-state index contributed by atoms with van der Waals surface area (Å²) in [5.41, 5.74) is 1.13. The van der Waals surface area contributed by atoms with Crippen molar-refractivity contribution in [1.29, 1.82) is 0 Å². The highest BCUT2D eigenvalue weighted by molar-refractivity contribution is 6.32. The molecule has 1 aromatic rings. The Morgan fingerprint density at radius 3 is 2.77 bits per heavy atom. The first kappa shape index (κ1) is 14.2. The van der Waals surface area contributed by atoms with Crippen LogP contribution in [-0.4, -0.2) is 30.8 Å². The van der Waals surface area contributed by atoms with Gasteiger partial charge >= 0.3 is 5.97 Å². The minimum atomic E-state index is -0.758. The van der Waals surface area contributed by atoms with Crippen LogP contribution in [0.1, 0.15) is 30.9 Å². The third-order valence-electron chi connectivity index (χ3n) is 4.93. The van der Waals surface area contributed by atoms with Gasteiger partial charge in [0.15, 0.2) is 11.5 Å². The maximum Gasteiger partial charge on any atom is 0.307 e. The standard InChI is InChI=1S/C16H18ClNO4/c17-11-3-9(12-4-10(6-18-12)15(19)20)5-13-14(11)22-8-16(1-2-16)7-21-13/h3,5,10,12,18H,1-2,4,6-8H2,(H,19,20).